The monoisotopic (exact) mass is 348 g/mol. The summed E-state index contributed by atoms with van der Waals surface area (Å²) in [6.07, 6.45) is -3.43. The molecule has 0 bridgehead atoms. The van der Waals surface area contributed by atoms with Crippen molar-refractivity contribution in [2.24, 2.45) is 0 Å². The predicted octanol–water partition coefficient (Wildman–Crippen LogP) is 2.36. The Labute approximate surface area is 136 Å². The van der Waals surface area contributed by atoms with Crippen LogP contribution in [-0.2, 0) is 11.0 Å². The number of hydroxylamine groups is 1. The van der Waals surface area contributed by atoms with Gasteiger partial charge in [0.15, 0.2) is 0 Å². The van der Waals surface area contributed by atoms with E-state index < -0.39 is 23.7 Å². The summed E-state index contributed by atoms with van der Waals surface area (Å²) in [6.45, 7) is 0.426. The summed E-state index contributed by atoms with van der Waals surface area (Å²) >= 11 is 5.26. The van der Waals surface area contributed by atoms with Crippen molar-refractivity contribution in [3.05, 3.63) is 29.3 Å². The number of likely N-dealkylation sites (tertiary alicyclic amines) is 1. The number of thiocarbonyl (C=S) groups is 1. The van der Waals surface area contributed by atoms with E-state index in [-0.39, 0.29) is 16.3 Å². The first kappa shape index (κ1) is 17.5. The van der Waals surface area contributed by atoms with Crippen LogP contribution in [0.4, 0.5) is 13.2 Å². The fourth-order valence-corrected chi connectivity index (χ4v) is 2.86. The van der Waals surface area contributed by atoms with Crippen molar-refractivity contribution in [3.63, 3.8) is 0 Å². The third-order valence-electron chi connectivity index (χ3n) is 3.64. The van der Waals surface area contributed by atoms with Crippen LogP contribution in [0.1, 0.15) is 24.0 Å². The van der Waals surface area contributed by atoms with Crippen LogP contribution in [0, 0.1) is 0 Å². The first-order valence-corrected chi connectivity index (χ1v) is 7.20. The smallest absolute Gasteiger partial charge is 0.416 e. The van der Waals surface area contributed by atoms with E-state index in [0.29, 0.717) is 19.4 Å². The Morgan fingerprint density at radius 2 is 2.13 bits per heavy atom. The zero-order valence-corrected chi connectivity index (χ0v) is 13.0. The molecule has 0 saturated carbocycles. The maximum Gasteiger partial charge on any atom is 0.416 e. The number of nitrogens with one attached hydrogen (secondary N) is 1. The molecule has 1 amide bonds. The maximum absolute atomic E-state index is 13.0. The van der Waals surface area contributed by atoms with Crippen molar-refractivity contribution in [2.75, 3.05) is 13.7 Å². The minimum atomic E-state index is -4.54. The molecular weight excluding hydrogens is 333 g/mol. The molecule has 2 rings (SSSR count). The third kappa shape index (κ3) is 3.73. The van der Waals surface area contributed by atoms with Crippen LogP contribution < -0.4 is 10.2 Å². The van der Waals surface area contributed by atoms with Gasteiger partial charge in [-0.05, 0) is 31.0 Å². The minimum absolute atomic E-state index is 0.0273. The summed E-state index contributed by atoms with van der Waals surface area (Å²) in [5, 5.41) is 8.76. The van der Waals surface area contributed by atoms with Gasteiger partial charge in [0, 0.05) is 12.1 Å². The molecule has 1 atom stereocenters. The molecule has 1 heterocycles. The Kier molecular flexibility index (Phi) is 5.10. The summed E-state index contributed by atoms with van der Waals surface area (Å²) in [5.41, 5.74) is 0.821. The Morgan fingerprint density at radius 1 is 1.43 bits per heavy atom. The Hall–Kier alpha value is -1.87. The summed E-state index contributed by atoms with van der Waals surface area (Å²) in [7, 11) is 1.26. The summed E-state index contributed by atoms with van der Waals surface area (Å²) in [5.74, 6) is -0.608. The first-order valence-electron chi connectivity index (χ1n) is 6.79. The lowest BCUT2D eigenvalue weighted by Gasteiger charge is -2.26. The molecule has 1 aliphatic rings. The van der Waals surface area contributed by atoms with Crippen molar-refractivity contribution >= 4 is 23.1 Å². The van der Waals surface area contributed by atoms with Crippen LogP contribution >= 0.6 is 12.2 Å². The largest absolute Gasteiger partial charge is 0.497 e. The zero-order chi connectivity index (χ0) is 17.2. The number of hydrogen-bond acceptors (Lipinski definition) is 4. The van der Waals surface area contributed by atoms with Gasteiger partial charge in [0.05, 0.1) is 12.7 Å². The molecule has 9 heteroatoms. The highest BCUT2D eigenvalue weighted by Crippen LogP contribution is 2.33. The molecule has 23 heavy (non-hydrogen) atoms. The fraction of sp³-hybridized carbons (Fsp3) is 0.429. The van der Waals surface area contributed by atoms with Gasteiger partial charge >= 0.3 is 6.18 Å². The molecule has 1 fully saturated rings. The predicted molar refractivity (Wildman–Crippen MR) is 79.4 cm³/mol. The average molecular weight is 348 g/mol. The average Bonchev–Trinajstić information content (AvgIpc) is 3.01. The normalized spacial score (nSPS) is 18.0. The second-order valence-electron chi connectivity index (χ2n) is 5.08. The van der Waals surface area contributed by atoms with E-state index >= 15 is 0 Å². The van der Waals surface area contributed by atoms with E-state index in [1.54, 1.807) is 5.48 Å². The van der Waals surface area contributed by atoms with Crippen LogP contribution in [0.5, 0.6) is 5.75 Å². The molecule has 1 aliphatic heterocycles. The number of benzene rings is 1. The van der Waals surface area contributed by atoms with Gasteiger partial charge in [0.1, 0.15) is 16.8 Å². The van der Waals surface area contributed by atoms with Gasteiger partial charge in [-0.25, -0.2) is 5.48 Å². The van der Waals surface area contributed by atoms with E-state index in [1.165, 1.54) is 18.1 Å². The molecule has 0 unspecified atom stereocenters. The Morgan fingerprint density at radius 3 is 2.70 bits per heavy atom. The maximum atomic E-state index is 13.0. The lowest BCUT2D eigenvalue weighted by Crippen LogP contribution is -2.44. The van der Waals surface area contributed by atoms with Crippen molar-refractivity contribution in [1.29, 1.82) is 0 Å². The van der Waals surface area contributed by atoms with Crippen molar-refractivity contribution in [3.8, 4) is 5.75 Å². The van der Waals surface area contributed by atoms with Crippen molar-refractivity contribution in [2.45, 2.75) is 25.1 Å². The van der Waals surface area contributed by atoms with Crippen molar-refractivity contribution in [1.82, 2.24) is 10.4 Å². The summed E-state index contributed by atoms with van der Waals surface area (Å²) < 4.78 is 43.8. The van der Waals surface area contributed by atoms with E-state index in [1.807, 2.05) is 0 Å². The molecule has 0 aliphatic carbocycles. The van der Waals surface area contributed by atoms with Crippen molar-refractivity contribution < 1.29 is 27.9 Å². The highest BCUT2D eigenvalue weighted by atomic mass is 32.1. The number of rotatable bonds is 3. The minimum Gasteiger partial charge on any atom is -0.497 e. The summed E-state index contributed by atoms with van der Waals surface area (Å²) in [4.78, 5) is 13.3. The van der Waals surface area contributed by atoms with Gasteiger partial charge in [-0.2, -0.15) is 13.2 Å². The topological polar surface area (TPSA) is 61.8 Å². The van der Waals surface area contributed by atoms with Crippen LogP contribution in [0.15, 0.2) is 18.2 Å². The number of alkyl halides is 3. The van der Waals surface area contributed by atoms with Gasteiger partial charge < -0.3 is 9.64 Å². The zero-order valence-electron chi connectivity index (χ0n) is 12.2. The number of amides is 1. The van der Waals surface area contributed by atoms with E-state index in [0.717, 1.165) is 12.1 Å². The molecule has 0 spiro atoms. The van der Waals surface area contributed by atoms with Gasteiger partial charge in [0.25, 0.3) is 5.91 Å². The van der Waals surface area contributed by atoms with E-state index in [4.69, 9.17) is 22.2 Å². The number of carbonyl (C=O) groups excluding carboxylic acids is 1. The van der Waals surface area contributed by atoms with Crippen LogP contribution in [0.3, 0.4) is 0 Å². The summed E-state index contributed by atoms with van der Waals surface area (Å²) in [6, 6.07) is 2.50. The Balaban J connectivity index is 2.37. The molecule has 5 nitrogen and oxygen atoms in total. The number of methoxy groups -OCH3 is 1. The first-order chi connectivity index (χ1) is 10.8. The highest BCUT2D eigenvalue weighted by molar-refractivity contribution is 7.80. The van der Waals surface area contributed by atoms with Gasteiger partial charge in [-0.1, -0.05) is 12.2 Å². The molecule has 2 N–H and O–H groups in total. The molecule has 1 aromatic carbocycles. The lowest BCUT2D eigenvalue weighted by atomic mass is 10.1. The third-order valence-corrected chi connectivity index (χ3v) is 4.11. The van der Waals surface area contributed by atoms with E-state index in [2.05, 4.69) is 0 Å². The van der Waals surface area contributed by atoms with Crippen LogP contribution in [0.2, 0.25) is 0 Å². The standard InChI is InChI=1S/C14H15F3N2O3S/c1-22-10-6-8(5-9(7-10)14(15,16)17)13(23)19-4-2-3-11(19)12(20)18-21/h5-7,11,21H,2-4H2,1H3,(H,18,20)/t11-/m1/s1. The number of halogens is 3. The number of hydrogen-bond donors (Lipinski definition) is 2. The lowest BCUT2D eigenvalue weighted by molar-refractivity contribution is -0.137. The molecule has 0 radical (unpaired) electrons. The molecule has 126 valence electrons. The number of ether oxygens (including phenoxy) is 1. The Bertz CT molecular complexity index is 622. The SMILES string of the molecule is COc1cc(C(=S)N2CCC[C@@H]2C(=O)NO)cc(C(F)(F)F)c1. The highest BCUT2D eigenvalue weighted by Gasteiger charge is 2.35. The molecule has 1 aromatic rings. The fourth-order valence-electron chi connectivity index (χ4n) is 2.53. The van der Waals surface area contributed by atoms with Gasteiger partial charge in [-0.3, -0.25) is 10.0 Å². The van der Waals surface area contributed by atoms with Gasteiger partial charge in [0.2, 0.25) is 0 Å². The molecule has 0 aromatic heterocycles. The second-order valence-corrected chi connectivity index (χ2v) is 5.47. The van der Waals surface area contributed by atoms with Crippen LogP contribution in [-0.4, -0.2) is 40.7 Å². The van der Waals surface area contributed by atoms with Crippen LogP contribution in [0.25, 0.3) is 0 Å². The molecule has 1 saturated heterocycles. The van der Waals surface area contributed by atoms with Gasteiger partial charge in [-0.15, -0.1) is 0 Å². The van der Waals surface area contributed by atoms with E-state index in [9.17, 15) is 18.0 Å². The quantitative estimate of drug-likeness (QED) is 0.499. The second kappa shape index (κ2) is 6.71. The number of nitrogens with zero attached hydrogens (tertiary/aromatic N) is 1. The molecular formula is C14H15F3N2O3S. The number of carbonyl (C=O) groups is 1.